The van der Waals surface area contributed by atoms with Crippen molar-refractivity contribution in [2.45, 2.75) is 19.9 Å². The number of hydrogen-bond acceptors (Lipinski definition) is 8. The minimum Gasteiger partial charge on any atom is -0.345 e. The third-order valence-electron chi connectivity index (χ3n) is 4.94. The van der Waals surface area contributed by atoms with Crippen LogP contribution in [0.5, 0.6) is 0 Å². The van der Waals surface area contributed by atoms with Gasteiger partial charge in [-0.1, -0.05) is 34.0 Å². The predicted octanol–water partition coefficient (Wildman–Crippen LogP) is 3.90. The van der Waals surface area contributed by atoms with Gasteiger partial charge in [0.1, 0.15) is 25.7 Å². The molecule has 1 aromatic carbocycles. The van der Waals surface area contributed by atoms with Crippen LogP contribution in [-0.4, -0.2) is 35.0 Å². The molecular weight excluding hydrogens is 418 g/mol. The van der Waals surface area contributed by atoms with Crippen molar-refractivity contribution in [2.75, 3.05) is 0 Å². The highest BCUT2D eigenvalue weighted by Gasteiger charge is 2.18. The Balaban J connectivity index is 1.47. The summed E-state index contributed by atoms with van der Waals surface area (Å²) >= 11 is 2.65. The van der Waals surface area contributed by atoms with Crippen molar-refractivity contribution in [2.24, 2.45) is 7.05 Å². The number of nitrogens with one attached hydrogen (secondary N) is 1. The minimum absolute atomic E-state index is 0.164. The maximum absolute atomic E-state index is 12.5. The number of carbonyl (C=O) groups is 1. The standard InChI is InChI=1S/C20H17N7OS2/c1-10(23-18(28)17-11(2)25-26-30-17)12-5-4-6-13(7-12)19-24-15-16-14(22-9-27(16)3)8-21-20(15)29-19/h4-10H,1-3H3,(H,23,28)/t10-/m0/s1. The Morgan fingerprint density at radius 2 is 2.13 bits per heavy atom. The number of imidazole rings is 1. The monoisotopic (exact) mass is 435 g/mol. The molecule has 0 saturated carbocycles. The molecule has 4 aromatic heterocycles. The number of benzene rings is 1. The average Bonchev–Trinajstić information content (AvgIpc) is 3.46. The molecule has 150 valence electrons. The number of nitrogens with zero attached hydrogens (tertiary/aromatic N) is 6. The fraction of sp³-hybridized carbons (Fsp3) is 0.200. The fourth-order valence-corrected chi connectivity index (χ4v) is 4.82. The van der Waals surface area contributed by atoms with Gasteiger partial charge in [-0.25, -0.2) is 15.0 Å². The van der Waals surface area contributed by atoms with Gasteiger partial charge in [-0.2, -0.15) is 0 Å². The molecule has 30 heavy (non-hydrogen) atoms. The topological polar surface area (TPSA) is 98.5 Å². The van der Waals surface area contributed by atoms with Crippen LogP contribution in [0.15, 0.2) is 36.8 Å². The van der Waals surface area contributed by atoms with Crippen molar-refractivity contribution < 1.29 is 4.79 Å². The van der Waals surface area contributed by atoms with Gasteiger partial charge < -0.3 is 9.88 Å². The first kappa shape index (κ1) is 18.8. The van der Waals surface area contributed by atoms with Gasteiger partial charge in [-0.3, -0.25) is 4.79 Å². The van der Waals surface area contributed by atoms with Crippen LogP contribution >= 0.6 is 22.9 Å². The molecule has 0 aliphatic carbocycles. The first-order valence-corrected chi connectivity index (χ1v) is 10.9. The molecule has 1 atom stereocenters. The van der Waals surface area contributed by atoms with E-state index in [1.54, 1.807) is 30.8 Å². The number of carbonyl (C=O) groups excluding carboxylic acids is 1. The summed E-state index contributed by atoms with van der Waals surface area (Å²) in [5, 5.41) is 7.81. The summed E-state index contributed by atoms with van der Waals surface area (Å²) in [5.74, 6) is -0.164. The van der Waals surface area contributed by atoms with Crippen molar-refractivity contribution in [1.82, 2.24) is 34.4 Å². The average molecular weight is 436 g/mol. The third-order valence-corrected chi connectivity index (χ3v) is 6.78. The van der Waals surface area contributed by atoms with Gasteiger partial charge >= 0.3 is 0 Å². The Hall–Kier alpha value is -3.24. The molecule has 0 aliphatic rings. The summed E-state index contributed by atoms with van der Waals surface area (Å²) in [6, 6.07) is 7.88. The predicted molar refractivity (Wildman–Crippen MR) is 118 cm³/mol. The van der Waals surface area contributed by atoms with Crippen LogP contribution in [0, 0.1) is 6.92 Å². The van der Waals surface area contributed by atoms with Gasteiger partial charge in [-0.05, 0) is 37.0 Å². The van der Waals surface area contributed by atoms with Gasteiger partial charge in [0, 0.05) is 12.6 Å². The molecule has 4 heterocycles. The molecule has 5 rings (SSSR count). The maximum Gasteiger partial charge on any atom is 0.265 e. The molecule has 10 heteroatoms. The second kappa shape index (κ2) is 7.22. The van der Waals surface area contributed by atoms with E-state index in [1.807, 2.05) is 36.7 Å². The summed E-state index contributed by atoms with van der Waals surface area (Å²) in [5.41, 5.74) is 5.29. The number of aryl methyl sites for hydroxylation is 2. The Kier molecular flexibility index (Phi) is 4.52. The van der Waals surface area contributed by atoms with E-state index in [9.17, 15) is 4.79 Å². The Morgan fingerprint density at radius 1 is 1.27 bits per heavy atom. The van der Waals surface area contributed by atoms with Crippen LogP contribution in [-0.2, 0) is 7.05 Å². The van der Waals surface area contributed by atoms with Gasteiger partial charge in [0.15, 0.2) is 0 Å². The zero-order chi connectivity index (χ0) is 20.8. The molecule has 0 saturated heterocycles. The van der Waals surface area contributed by atoms with Crippen LogP contribution in [0.25, 0.3) is 32.0 Å². The summed E-state index contributed by atoms with van der Waals surface area (Å²) in [6.07, 6.45) is 3.56. The second-order valence-electron chi connectivity index (χ2n) is 7.03. The third kappa shape index (κ3) is 3.14. The SMILES string of the molecule is Cc1nnsc1C(=O)N[C@@H](C)c1cccc(-c2nc3c(ncc4ncn(C)c43)s2)c1. The molecule has 1 N–H and O–H groups in total. The maximum atomic E-state index is 12.5. The van der Waals surface area contributed by atoms with Gasteiger partial charge in [-0.15, -0.1) is 5.10 Å². The lowest BCUT2D eigenvalue weighted by Gasteiger charge is -2.14. The van der Waals surface area contributed by atoms with E-state index in [2.05, 4.69) is 30.9 Å². The van der Waals surface area contributed by atoms with Crippen LogP contribution in [0.2, 0.25) is 0 Å². The Bertz CT molecular complexity index is 1400. The van der Waals surface area contributed by atoms with E-state index < -0.39 is 0 Å². The Morgan fingerprint density at radius 3 is 2.93 bits per heavy atom. The molecule has 0 spiro atoms. The molecule has 0 radical (unpaired) electrons. The van der Waals surface area contributed by atoms with Crippen LogP contribution < -0.4 is 5.32 Å². The second-order valence-corrected chi connectivity index (χ2v) is 8.76. The molecule has 8 nitrogen and oxygen atoms in total. The van der Waals surface area contributed by atoms with E-state index >= 15 is 0 Å². The summed E-state index contributed by atoms with van der Waals surface area (Å²) in [6.45, 7) is 3.74. The van der Waals surface area contributed by atoms with Gasteiger partial charge in [0.25, 0.3) is 5.91 Å². The lowest BCUT2D eigenvalue weighted by atomic mass is 10.1. The molecule has 0 bridgehead atoms. The van der Waals surface area contributed by atoms with E-state index in [1.165, 1.54) is 0 Å². The summed E-state index contributed by atoms with van der Waals surface area (Å²) in [7, 11) is 1.96. The van der Waals surface area contributed by atoms with Crippen molar-refractivity contribution >= 4 is 50.2 Å². The normalized spacial score (nSPS) is 12.5. The molecule has 5 aromatic rings. The molecule has 0 fully saturated rings. The van der Waals surface area contributed by atoms with Gasteiger partial charge in [0.05, 0.1) is 29.8 Å². The zero-order valence-corrected chi connectivity index (χ0v) is 18.1. The summed E-state index contributed by atoms with van der Waals surface area (Å²) < 4.78 is 5.80. The Labute approximate surface area is 179 Å². The van der Waals surface area contributed by atoms with Crippen LogP contribution in [0.3, 0.4) is 0 Å². The van der Waals surface area contributed by atoms with Crippen LogP contribution in [0.1, 0.15) is 33.9 Å². The quantitative estimate of drug-likeness (QED) is 0.460. The highest BCUT2D eigenvalue weighted by molar-refractivity contribution is 7.21. The van der Waals surface area contributed by atoms with E-state index in [-0.39, 0.29) is 11.9 Å². The number of thiazole rings is 1. The number of fused-ring (bicyclic) bond motifs is 3. The zero-order valence-electron chi connectivity index (χ0n) is 16.4. The van der Waals surface area contributed by atoms with E-state index in [0.29, 0.717) is 10.6 Å². The molecular formula is C20H17N7OS2. The first-order chi connectivity index (χ1) is 14.5. The van der Waals surface area contributed by atoms with Crippen molar-refractivity contribution in [1.29, 1.82) is 0 Å². The lowest BCUT2D eigenvalue weighted by Crippen LogP contribution is -2.26. The number of rotatable bonds is 4. The lowest BCUT2D eigenvalue weighted by molar-refractivity contribution is 0.0943. The summed E-state index contributed by atoms with van der Waals surface area (Å²) in [4.78, 5) is 27.6. The largest absolute Gasteiger partial charge is 0.345 e. The van der Waals surface area contributed by atoms with E-state index in [4.69, 9.17) is 4.98 Å². The first-order valence-electron chi connectivity index (χ1n) is 9.28. The number of pyridine rings is 1. The smallest absolute Gasteiger partial charge is 0.265 e. The molecule has 0 aliphatic heterocycles. The van der Waals surface area contributed by atoms with E-state index in [0.717, 1.165) is 49.0 Å². The van der Waals surface area contributed by atoms with Crippen molar-refractivity contribution in [3.05, 3.63) is 52.9 Å². The van der Waals surface area contributed by atoms with Crippen LogP contribution in [0.4, 0.5) is 0 Å². The number of aromatic nitrogens is 6. The fourth-order valence-electron chi connectivity index (χ4n) is 3.35. The molecule has 0 unspecified atom stereocenters. The highest BCUT2D eigenvalue weighted by Crippen LogP contribution is 2.33. The minimum atomic E-state index is -0.171. The van der Waals surface area contributed by atoms with Crippen molar-refractivity contribution in [3.63, 3.8) is 0 Å². The number of hydrogen-bond donors (Lipinski definition) is 1. The number of amides is 1. The van der Waals surface area contributed by atoms with Crippen molar-refractivity contribution in [3.8, 4) is 10.6 Å². The molecule has 1 amide bonds. The van der Waals surface area contributed by atoms with Gasteiger partial charge in [0.2, 0.25) is 0 Å². The highest BCUT2D eigenvalue weighted by atomic mass is 32.1.